The van der Waals surface area contributed by atoms with Crippen molar-refractivity contribution in [1.29, 1.82) is 0 Å². The van der Waals surface area contributed by atoms with Crippen molar-refractivity contribution in [2.24, 2.45) is 0 Å². The Balaban J connectivity index is 2.20. The second-order valence-electron chi connectivity index (χ2n) is 2.83. The SMILES string of the molecule is O=S1OCCCN1c1ccccc1. The Morgan fingerprint density at radius 1 is 1.31 bits per heavy atom. The Hall–Kier alpha value is -0.870. The lowest BCUT2D eigenvalue weighted by Crippen LogP contribution is -2.33. The summed E-state index contributed by atoms with van der Waals surface area (Å²) in [5.41, 5.74) is 0.959. The third-order valence-electron chi connectivity index (χ3n) is 1.91. The fraction of sp³-hybridized carbons (Fsp3) is 0.333. The van der Waals surface area contributed by atoms with Gasteiger partial charge in [-0.05, 0) is 18.6 Å². The maximum Gasteiger partial charge on any atom is 0.264 e. The molecule has 0 radical (unpaired) electrons. The van der Waals surface area contributed by atoms with Gasteiger partial charge in [0, 0.05) is 6.54 Å². The number of hydrogen-bond acceptors (Lipinski definition) is 2. The van der Waals surface area contributed by atoms with E-state index in [4.69, 9.17) is 4.18 Å². The van der Waals surface area contributed by atoms with Gasteiger partial charge in [-0.15, -0.1) is 0 Å². The maximum atomic E-state index is 11.4. The van der Waals surface area contributed by atoms with Crippen molar-refractivity contribution in [3.63, 3.8) is 0 Å². The monoisotopic (exact) mass is 197 g/mol. The van der Waals surface area contributed by atoms with E-state index < -0.39 is 11.3 Å². The first kappa shape index (κ1) is 8.72. The van der Waals surface area contributed by atoms with Crippen LogP contribution in [0.4, 0.5) is 5.69 Å². The zero-order valence-electron chi connectivity index (χ0n) is 7.18. The maximum absolute atomic E-state index is 11.4. The Morgan fingerprint density at radius 2 is 2.08 bits per heavy atom. The first-order chi connectivity index (χ1) is 6.38. The van der Waals surface area contributed by atoms with Gasteiger partial charge >= 0.3 is 0 Å². The summed E-state index contributed by atoms with van der Waals surface area (Å²) in [6.07, 6.45) is 0.931. The van der Waals surface area contributed by atoms with Gasteiger partial charge in [-0.1, -0.05) is 18.2 Å². The van der Waals surface area contributed by atoms with Crippen molar-refractivity contribution in [1.82, 2.24) is 0 Å². The average Bonchev–Trinajstić information content (AvgIpc) is 2.20. The van der Waals surface area contributed by atoms with Crippen LogP contribution < -0.4 is 4.31 Å². The molecule has 0 bridgehead atoms. The van der Waals surface area contributed by atoms with Crippen LogP contribution in [0.3, 0.4) is 0 Å². The predicted molar refractivity (Wildman–Crippen MR) is 52.5 cm³/mol. The molecule has 0 aliphatic carbocycles. The zero-order chi connectivity index (χ0) is 9.10. The highest BCUT2D eigenvalue weighted by Gasteiger charge is 2.18. The number of anilines is 1. The third kappa shape index (κ3) is 1.89. The van der Waals surface area contributed by atoms with Crippen LogP contribution in [0.5, 0.6) is 0 Å². The molecule has 0 amide bonds. The third-order valence-corrected chi connectivity index (χ3v) is 3.04. The highest BCUT2D eigenvalue weighted by Crippen LogP contribution is 2.18. The molecule has 70 valence electrons. The lowest BCUT2D eigenvalue weighted by atomic mass is 10.3. The number of benzene rings is 1. The molecular weight excluding hydrogens is 186 g/mol. The Labute approximate surface area is 80.1 Å². The van der Waals surface area contributed by atoms with E-state index in [1.54, 1.807) is 4.31 Å². The molecule has 1 saturated heterocycles. The van der Waals surface area contributed by atoms with Gasteiger partial charge in [-0.2, -0.15) is 0 Å². The minimum absolute atomic E-state index is 0.593. The molecule has 13 heavy (non-hydrogen) atoms. The van der Waals surface area contributed by atoms with Gasteiger partial charge in [-0.3, -0.25) is 8.49 Å². The summed E-state index contributed by atoms with van der Waals surface area (Å²) in [6, 6.07) is 9.68. The summed E-state index contributed by atoms with van der Waals surface area (Å²) < 4.78 is 18.2. The average molecular weight is 197 g/mol. The van der Waals surface area contributed by atoms with Crippen LogP contribution >= 0.6 is 0 Å². The smallest absolute Gasteiger partial charge is 0.264 e. The normalized spacial score (nSPS) is 23.1. The Bertz CT molecular complexity index is 302. The minimum Gasteiger partial charge on any atom is -0.274 e. The lowest BCUT2D eigenvalue weighted by molar-refractivity contribution is 0.324. The molecule has 3 nitrogen and oxygen atoms in total. The Kier molecular flexibility index (Phi) is 2.61. The molecule has 1 fully saturated rings. The molecule has 1 heterocycles. The van der Waals surface area contributed by atoms with Gasteiger partial charge in [0.05, 0.1) is 12.3 Å². The van der Waals surface area contributed by atoms with Gasteiger partial charge in [-0.25, -0.2) is 4.21 Å². The molecule has 0 saturated carbocycles. The van der Waals surface area contributed by atoms with Gasteiger partial charge in [0.1, 0.15) is 0 Å². The van der Waals surface area contributed by atoms with E-state index in [2.05, 4.69) is 0 Å². The molecule has 0 aromatic heterocycles. The molecule has 1 aliphatic heterocycles. The molecule has 4 heteroatoms. The van der Waals surface area contributed by atoms with E-state index in [9.17, 15) is 4.21 Å². The minimum atomic E-state index is -1.30. The van der Waals surface area contributed by atoms with E-state index in [1.807, 2.05) is 30.3 Å². The molecule has 1 aromatic carbocycles. The predicted octanol–water partition coefficient (Wildman–Crippen LogP) is 1.49. The van der Waals surface area contributed by atoms with Crippen LogP contribution in [0.25, 0.3) is 0 Å². The van der Waals surface area contributed by atoms with Crippen molar-refractivity contribution in [3.8, 4) is 0 Å². The van der Waals surface area contributed by atoms with Crippen LogP contribution in [0.2, 0.25) is 0 Å². The second-order valence-corrected chi connectivity index (χ2v) is 3.94. The van der Waals surface area contributed by atoms with E-state index in [0.717, 1.165) is 18.7 Å². The van der Waals surface area contributed by atoms with Gasteiger partial charge < -0.3 is 0 Å². The van der Waals surface area contributed by atoms with E-state index >= 15 is 0 Å². The standard InChI is InChI=1S/C9H11NO2S/c11-13-10(7-4-8-12-13)9-5-2-1-3-6-9/h1-3,5-6H,4,7-8H2. The Morgan fingerprint density at radius 3 is 2.77 bits per heavy atom. The first-order valence-corrected chi connectivity index (χ1v) is 5.29. The molecule has 1 atom stereocenters. The van der Waals surface area contributed by atoms with Crippen molar-refractivity contribution < 1.29 is 8.39 Å². The van der Waals surface area contributed by atoms with Gasteiger partial charge in [0.25, 0.3) is 11.3 Å². The highest BCUT2D eigenvalue weighted by atomic mass is 32.2. The molecule has 2 rings (SSSR count). The molecule has 1 aliphatic rings. The van der Waals surface area contributed by atoms with Crippen molar-refractivity contribution in [3.05, 3.63) is 30.3 Å². The topological polar surface area (TPSA) is 29.5 Å². The van der Waals surface area contributed by atoms with Gasteiger partial charge in [0.2, 0.25) is 0 Å². The summed E-state index contributed by atoms with van der Waals surface area (Å²) in [4.78, 5) is 0. The van der Waals surface area contributed by atoms with Crippen LogP contribution in [0.15, 0.2) is 30.3 Å². The van der Waals surface area contributed by atoms with Crippen LogP contribution in [0, 0.1) is 0 Å². The summed E-state index contributed by atoms with van der Waals surface area (Å²) in [5, 5.41) is 0. The molecule has 0 spiro atoms. The van der Waals surface area contributed by atoms with Crippen molar-refractivity contribution in [2.45, 2.75) is 6.42 Å². The lowest BCUT2D eigenvalue weighted by Gasteiger charge is -2.26. The number of para-hydroxylation sites is 1. The van der Waals surface area contributed by atoms with Crippen molar-refractivity contribution in [2.75, 3.05) is 17.5 Å². The largest absolute Gasteiger partial charge is 0.274 e. The molecule has 1 aromatic rings. The first-order valence-electron chi connectivity index (χ1n) is 4.26. The van der Waals surface area contributed by atoms with E-state index in [-0.39, 0.29) is 0 Å². The zero-order valence-corrected chi connectivity index (χ0v) is 8.00. The number of nitrogens with zero attached hydrogens (tertiary/aromatic N) is 1. The van der Waals surface area contributed by atoms with E-state index in [0.29, 0.717) is 6.61 Å². The molecule has 1 unspecified atom stereocenters. The van der Waals surface area contributed by atoms with E-state index in [1.165, 1.54) is 0 Å². The highest BCUT2D eigenvalue weighted by molar-refractivity contribution is 7.81. The number of rotatable bonds is 1. The fourth-order valence-corrected chi connectivity index (χ4v) is 2.25. The quantitative estimate of drug-likeness (QED) is 0.682. The summed E-state index contributed by atoms with van der Waals surface area (Å²) in [6.45, 7) is 1.40. The van der Waals surface area contributed by atoms with Gasteiger partial charge in [0.15, 0.2) is 0 Å². The molecular formula is C9H11NO2S. The van der Waals surface area contributed by atoms with Crippen LogP contribution in [0.1, 0.15) is 6.42 Å². The fourth-order valence-electron chi connectivity index (χ4n) is 1.29. The summed E-state index contributed by atoms with van der Waals surface area (Å²) in [7, 11) is 0. The second kappa shape index (κ2) is 3.89. The summed E-state index contributed by atoms with van der Waals surface area (Å²) >= 11 is -1.30. The summed E-state index contributed by atoms with van der Waals surface area (Å²) in [5.74, 6) is 0. The number of hydrogen-bond donors (Lipinski definition) is 0. The van der Waals surface area contributed by atoms with Crippen molar-refractivity contribution >= 4 is 17.0 Å². The van der Waals surface area contributed by atoms with Crippen LogP contribution in [-0.2, 0) is 15.4 Å². The van der Waals surface area contributed by atoms with Crippen LogP contribution in [-0.4, -0.2) is 17.4 Å². The molecule has 0 N–H and O–H groups in total.